The van der Waals surface area contributed by atoms with E-state index in [-0.39, 0.29) is 11.8 Å². The number of nitrogens with one attached hydrogen (secondary N) is 1. The quantitative estimate of drug-likeness (QED) is 0.679. The molecule has 7 heteroatoms. The van der Waals surface area contributed by atoms with Crippen molar-refractivity contribution in [2.75, 3.05) is 19.5 Å². The fraction of sp³-hybridized carbons (Fsp3) is 0.200. The molecule has 0 saturated carbocycles. The number of rotatable bonds is 4. The molecule has 1 aromatic heterocycles. The molecule has 0 spiro atoms. The van der Waals surface area contributed by atoms with Gasteiger partial charge in [0, 0.05) is 27.9 Å². The summed E-state index contributed by atoms with van der Waals surface area (Å²) in [6, 6.07) is 13.5. The molecule has 1 N–H and O–H groups in total. The molecular formula is C20H18BrN3O3. The van der Waals surface area contributed by atoms with E-state index in [1.807, 2.05) is 42.5 Å². The number of ether oxygens (including phenoxy) is 2. The second kappa shape index (κ2) is 7.08. The third kappa shape index (κ3) is 3.08. The molecule has 3 aromatic rings. The van der Waals surface area contributed by atoms with Crippen LogP contribution in [-0.4, -0.2) is 29.9 Å². The monoisotopic (exact) mass is 427 g/mol. The maximum atomic E-state index is 12.5. The van der Waals surface area contributed by atoms with Crippen LogP contribution in [0.3, 0.4) is 0 Å². The third-order valence-corrected chi connectivity index (χ3v) is 5.23. The predicted octanol–water partition coefficient (Wildman–Crippen LogP) is 4.13. The van der Waals surface area contributed by atoms with E-state index in [0.717, 1.165) is 21.3 Å². The molecule has 4 rings (SSSR count). The van der Waals surface area contributed by atoms with Gasteiger partial charge in [-0.25, -0.2) is 4.68 Å². The molecule has 0 aliphatic carbocycles. The Balaban J connectivity index is 1.84. The zero-order chi connectivity index (χ0) is 19.0. The Kier molecular flexibility index (Phi) is 4.61. The normalized spacial score (nSPS) is 15.8. The number of aromatic nitrogens is 2. The van der Waals surface area contributed by atoms with Crippen molar-refractivity contribution >= 4 is 27.7 Å². The number of carbonyl (C=O) groups excluding carboxylic acids is 1. The van der Waals surface area contributed by atoms with Gasteiger partial charge in [0.05, 0.1) is 26.1 Å². The highest BCUT2D eigenvalue weighted by atomic mass is 79.9. The van der Waals surface area contributed by atoms with Crippen LogP contribution in [0.1, 0.15) is 23.5 Å². The Hall–Kier alpha value is -2.80. The van der Waals surface area contributed by atoms with Gasteiger partial charge in [-0.2, -0.15) is 5.10 Å². The van der Waals surface area contributed by atoms with Crippen molar-refractivity contribution < 1.29 is 14.3 Å². The number of methoxy groups -OCH3 is 2. The smallest absolute Gasteiger partial charge is 0.226 e. The minimum Gasteiger partial charge on any atom is -0.493 e. The summed E-state index contributed by atoms with van der Waals surface area (Å²) in [6.45, 7) is 0. The summed E-state index contributed by atoms with van der Waals surface area (Å²) in [5.41, 5.74) is 2.73. The minimum atomic E-state index is -0.164. The van der Waals surface area contributed by atoms with Crippen LogP contribution in [-0.2, 0) is 4.79 Å². The number of hydrogen-bond donors (Lipinski definition) is 1. The number of hydrogen-bond acceptors (Lipinski definition) is 4. The molecule has 0 radical (unpaired) electrons. The van der Waals surface area contributed by atoms with Gasteiger partial charge in [-0.05, 0) is 30.3 Å². The van der Waals surface area contributed by atoms with Gasteiger partial charge in [0.1, 0.15) is 5.82 Å². The molecular weight excluding hydrogens is 410 g/mol. The third-order valence-electron chi connectivity index (χ3n) is 4.70. The first-order valence-electron chi connectivity index (χ1n) is 8.47. The lowest BCUT2D eigenvalue weighted by molar-refractivity contribution is -0.116. The number of anilines is 1. The number of para-hydroxylation sites is 1. The van der Waals surface area contributed by atoms with Gasteiger partial charge in [0.15, 0.2) is 11.5 Å². The maximum absolute atomic E-state index is 12.5. The summed E-state index contributed by atoms with van der Waals surface area (Å²) in [5, 5.41) is 7.49. The molecule has 138 valence electrons. The van der Waals surface area contributed by atoms with Crippen molar-refractivity contribution in [1.82, 2.24) is 9.78 Å². The summed E-state index contributed by atoms with van der Waals surface area (Å²) < 4.78 is 13.7. The zero-order valence-electron chi connectivity index (χ0n) is 14.9. The average Bonchev–Trinajstić information content (AvgIpc) is 3.11. The molecule has 0 bridgehead atoms. The Bertz CT molecular complexity index is 998. The van der Waals surface area contributed by atoms with Crippen LogP contribution in [0.4, 0.5) is 5.82 Å². The molecule has 1 aliphatic heterocycles. The summed E-state index contributed by atoms with van der Waals surface area (Å²) >= 11 is 3.44. The summed E-state index contributed by atoms with van der Waals surface area (Å²) in [5.74, 6) is 1.74. The second-order valence-electron chi connectivity index (χ2n) is 6.22. The van der Waals surface area contributed by atoms with E-state index in [1.165, 1.54) is 0 Å². The maximum Gasteiger partial charge on any atom is 0.226 e. The Morgan fingerprint density at radius 1 is 1.11 bits per heavy atom. The minimum absolute atomic E-state index is 0.0590. The van der Waals surface area contributed by atoms with Crippen molar-refractivity contribution in [2.24, 2.45) is 0 Å². The second-order valence-corrected chi connectivity index (χ2v) is 7.14. The number of benzene rings is 2. The molecule has 2 heterocycles. The van der Waals surface area contributed by atoms with Crippen LogP contribution in [0.2, 0.25) is 0 Å². The SMILES string of the molecule is COc1cccc([C@@H]2CC(=O)Nc3c2cnn3-c2ccc(Br)cc2)c1OC. The number of carbonyl (C=O) groups is 1. The molecule has 27 heavy (non-hydrogen) atoms. The van der Waals surface area contributed by atoms with Crippen molar-refractivity contribution in [3.05, 3.63) is 64.3 Å². The van der Waals surface area contributed by atoms with Gasteiger partial charge in [0.25, 0.3) is 0 Å². The molecule has 2 aromatic carbocycles. The first kappa shape index (κ1) is 17.6. The fourth-order valence-electron chi connectivity index (χ4n) is 3.46. The molecule has 1 amide bonds. The molecule has 0 fully saturated rings. The molecule has 1 atom stereocenters. The van der Waals surface area contributed by atoms with Crippen molar-refractivity contribution in [2.45, 2.75) is 12.3 Å². The molecule has 0 saturated heterocycles. The average molecular weight is 428 g/mol. The van der Waals surface area contributed by atoms with E-state index in [2.05, 4.69) is 26.3 Å². The van der Waals surface area contributed by atoms with Gasteiger partial charge in [-0.15, -0.1) is 0 Å². The van der Waals surface area contributed by atoms with E-state index in [4.69, 9.17) is 9.47 Å². The van der Waals surface area contributed by atoms with Crippen molar-refractivity contribution in [1.29, 1.82) is 0 Å². The van der Waals surface area contributed by atoms with E-state index < -0.39 is 0 Å². The van der Waals surface area contributed by atoms with Crippen LogP contribution in [0.15, 0.2) is 53.1 Å². The summed E-state index contributed by atoms with van der Waals surface area (Å²) in [6.07, 6.45) is 2.13. The van der Waals surface area contributed by atoms with E-state index in [0.29, 0.717) is 23.7 Å². The standard InChI is InChI=1S/C20H18BrN3O3/c1-26-17-5-3-4-14(19(17)27-2)15-10-18(25)23-20-16(15)11-22-24(20)13-8-6-12(21)7-9-13/h3-9,11,15H,10H2,1-2H3,(H,23,25)/t15-/m0/s1. The first-order valence-corrected chi connectivity index (χ1v) is 9.26. The Labute approximate surface area is 165 Å². The molecule has 6 nitrogen and oxygen atoms in total. The van der Waals surface area contributed by atoms with Gasteiger partial charge in [0.2, 0.25) is 5.91 Å². The lowest BCUT2D eigenvalue weighted by Crippen LogP contribution is -2.24. The summed E-state index contributed by atoms with van der Waals surface area (Å²) in [7, 11) is 3.21. The van der Waals surface area contributed by atoms with E-state index in [1.54, 1.807) is 25.1 Å². The lowest BCUT2D eigenvalue weighted by Gasteiger charge is -2.25. The lowest BCUT2D eigenvalue weighted by atomic mass is 9.86. The van der Waals surface area contributed by atoms with Crippen molar-refractivity contribution in [3.8, 4) is 17.2 Å². The summed E-state index contributed by atoms with van der Waals surface area (Å²) in [4.78, 5) is 12.5. The Morgan fingerprint density at radius 3 is 2.59 bits per heavy atom. The van der Waals surface area contributed by atoms with Crippen LogP contribution in [0.5, 0.6) is 11.5 Å². The number of halogens is 1. The van der Waals surface area contributed by atoms with Crippen molar-refractivity contribution in [3.63, 3.8) is 0 Å². The highest BCUT2D eigenvalue weighted by Crippen LogP contribution is 2.44. The largest absolute Gasteiger partial charge is 0.493 e. The molecule has 0 unspecified atom stereocenters. The van der Waals surface area contributed by atoms with Gasteiger partial charge >= 0.3 is 0 Å². The van der Waals surface area contributed by atoms with E-state index in [9.17, 15) is 4.79 Å². The Morgan fingerprint density at radius 2 is 1.89 bits per heavy atom. The number of nitrogens with zero attached hydrogens (tertiary/aromatic N) is 2. The van der Waals surface area contributed by atoms with Gasteiger partial charge < -0.3 is 14.8 Å². The fourth-order valence-corrected chi connectivity index (χ4v) is 3.73. The van der Waals surface area contributed by atoms with E-state index >= 15 is 0 Å². The zero-order valence-corrected chi connectivity index (χ0v) is 16.5. The predicted molar refractivity (Wildman–Crippen MR) is 106 cm³/mol. The highest BCUT2D eigenvalue weighted by Gasteiger charge is 2.32. The first-order chi connectivity index (χ1) is 13.1. The topological polar surface area (TPSA) is 65.4 Å². The van der Waals surface area contributed by atoms with Crippen LogP contribution < -0.4 is 14.8 Å². The van der Waals surface area contributed by atoms with Gasteiger partial charge in [-0.1, -0.05) is 28.1 Å². The number of amides is 1. The van der Waals surface area contributed by atoms with Crippen LogP contribution in [0, 0.1) is 0 Å². The van der Waals surface area contributed by atoms with Crippen LogP contribution >= 0.6 is 15.9 Å². The molecule has 1 aliphatic rings. The number of fused-ring (bicyclic) bond motifs is 1. The highest BCUT2D eigenvalue weighted by molar-refractivity contribution is 9.10. The van der Waals surface area contributed by atoms with Crippen LogP contribution in [0.25, 0.3) is 5.69 Å². The van der Waals surface area contributed by atoms with Gasteiger partial charge in [-0.3, -0.25) is 4.79 Å².